The summed E-state index contributed by atoms with van der Waals surface area (Å²) < 4.78 is 0. The van der Waals surface area contributed by atoms with E-state index in [0.29, 0.717) is 16.5 Å². The van der Waals surface area contributed by atoms with Gasteiger partial charge in [-0.15, -0.1) is 0 Å². The average molecular weight is 382 g/mol. The third-order valence-corrected chi connectivity index (χ3v) is 4.46. The normalized spacial score (nSPS) is 11.8. The van der Waals surface area contributed by atoms with Gasteiger partial charge in [-0.05, 0) is 30.2 Å². The average Bonchev–Trinajstić information content (AvgIpc) is 2.64. The minimum absolute atomic E-state index is 0.112. The zero-order valence-electron chi connectivity index (χ0n) is 14.9. The summed E-state index contributed by atoms with van der Waals surface area (Å²) in [6.07, 6.45) is 0.270. The first-order chi connectivity index (χ1) is 13.0. The Kier molecular flexibility index (Phi) is 6.04. The van der Waals surface area contributed by atoms with Crippen molar-refractivity contribution in [2.24, 2.45) is 0 Å². The Morgan fingerprint density at radius 1 is 1.11 bits per heavy atom. The highest BCUT2D eigenvalue weighted by Crippen LogP contribution is 2.29. The van der Waals surface area contributed by atoms with E-state index in [1.165, 1.54) is 6.07 Å². The van der Waals surface area contributed by atoms with Crippen molar-refractivity contribution in [1.29, 1.82) is 0 Å². The van der Waals surface area contributed by atoms with Crippen molar-refractivity contribution in [2.75, 3.05) is 0 Å². The maximum Gasteiger partial charge on any atom is 0.251 e. The molecule has 0 fully saturated rings. The van der Waals surface area contributed by atoms with Gasteiger partial charge >= 0.3 is 0 Å². The van der Waals surface area contributed by atoms with Gasteiger partial charge in [-0.2, -0.15) is 0 Å². The van der Waals surface area contributed by atoms with Crippen molar-refractivity contribution >= 4 is 17.5 Å². The largest absolute Gasteiger partial charge is 0.350 e. The van der Waals surface area contributed by atoms with Crippen molar-refractivity contribution in [3.8, 4) is 0 Å². The molecular weight excluding hydrogens is 362 g/mol. The van der Waals surface area contributed by atoms with Gasteiger partial charge in [-0.1, -0.05) is 54.1 Å². The summed E-state index contributed by atoms with van der Waals surface area (Å²) in [6.45, 7) is 1.91. The van der Waals surface area contributed by atoms with Crippen molar-refractivity contribution in [1.82, 2.24) is 15.3 Å². The van der Waals surface area contributed by atoms with Crippen molar-refractivity contribution < 1.29 is 4.79 Å². The van der Waals surface area contributed by atoms with Crippen LogP contribution < -0.4 is 10.9 Å². The molecule has 0 saturated heterocycles. The number of benzene rings is 2. The monoisotopic (exact) mass is 381 g/mol. The molecule has 5 nitrogen and oxygen atoms in total. The molecule has 1 aromatic heterocycles. The van der Waals surface area contributed by atoms with E-state index in [1.54, 1.807) is 6.92 Å². The predicted octanol–water partition coefficient (Wildman–Crippen LogP) is 3.57. The fourth-order valence-electron chi connectivity index (χ4n) is 3.02. The molecule has 2 N–H and O–H groups in total. The van der Waals surface area contributed by atoms with E-state index >= 15 is 0 Å². The third kappa shape index (κ3) is 5.28. The Balaban J connectivity index is 1.75. The fourth-order valence-corrected chi connectivity index (χ4v) is 3.21. The molecule has 0 unspecified atom stereocenters. The first kappa shape index (κ1) is 18.9. The Bertz CT molecular complexity index is 986. The van der Waals surface area contributed by atoms with E-state index in [2.05, 4.69) is 15.3 Å². The third-order valence-electron chi connectivity index (χ3n) is 4.22. The molecule has 2 aromatic carbocycles. The van der Waals surface area contributed by atoms with Crippen LogP contribution in [0.5, 0.6) is 0 Å². The standard InChI is InChI=1S/C21H20ClN3O2/c1-14-24-18(11-21(27)25-14)13-23-20(26)12-19(15-6-3-2-4-7-15)16-8-5-9-17(22)10-16/h2-11,19H,12-13H2,1H3,(H,23,26)(H,24,25,27)/t19-/m0/s1. The number of amides is 1. The number of carbonyl (C=O) groups excluding carboxylic acids is 1. The molecule has 0 radical (unpaired) electrons. The van der Waals surface area contributed by atoms with Crippen molar-refractivity contribution in [3.63, 3.8) is 0 Å². The number of H-pyrrole nitrogens is 1. The van der Waals surface area contributed by atoms with E-state index in [9.17, 15) is 9.59 Å². The lowest BCUT2D eigenvalue weighted by Crippen LogP contribution is -2.26. The molecule has 3 aromatic rings. The number of aromatic amines is 1. The highest BCUT2D eigenvalue weighted by molar-refractivity contribution is 6.30. The molecule has 1 heterocycles. The van der Waals surface area contributed by atoms with Crippen LogP contribution in [0.3, 0.4) is 0 Å². The molecule has 3 rings (SSSR count). The molecule has 1 amide bonds. The van der Waals surface area contributed by atoms with Gasteiger partial charge in [0, 0.05) is 23.4 Å². The molecule has 0 spiro atoms. The Hall–Kier alpha value is -2.92. The molecule has 0 aliphatic rings. The lowest BCUT2D eigenvalue weighted by Gasteiger charge is -2.18. The van der Waals surface area contributed by atoms with Crippen LogP contribution in [-0.2, 0) is 11.3 Å². The zero-order chi connectivity index (χ0) is 19.2. The van der Waals surface area contributed by atoms with Gasteiger partial charge in [0.1, 0.15) is 5.82 Å². The molecule has 1 atom stereocenters. The second kappa shape index (κ2) is 8.64. The van der Waals surface area contributed by atoms with Crippen molar-refractivity contribution in [3.05, 3.63) is 98.7 Å². The summed E-state index contributed by atoms with van der Waals surface area (Å²) in [5, 5.41) is 3.49. The van der Waals surface area contributed by atoms with Crippen molar-refractivity contribution in [2.45, 2.75) is 25.8 Å². The van der Waals surface area contributed by atoms with E-state index in [-0.39, 0.29) is 30.3 Å². The van der Waals surface area contributed by atoms with Gasteiger partial charge in [-0.25, -0.2) is 4.98 Å². The Labute approximate surface area is 162 Å². The van der Waals surface area contributed by atoms with Crippen LogP contribution in [0.2, 0.25) is 5.02 Å². The van der Waals surface area contributed by atoms with Gasteiger partial charge < -0.3 is 10.3 Å². The molecule has 138 valence electrons. The van der Waals surface area contributed by atoms with E-state index < -0.39 is 0 Å². The number of aromatic nitrogens is 2. The summed E-state index contributed by atoms with van der Waals surface area (Å²) in [5.74, 6) is 0.287. The summed E-state index contributed by atoms with van der Waals surface area (Å²) >= 11 is 6.14. The summed E-state index contributed by atoms with van der Waals surface area (Å²) in [4.78, 5) is 30.9. The summed E-state index contributed by atoms with van der Waals surface area (Å²) in [7, 11) is 0. The van der Waals surface area contributed by atoms with E-state index in [0.717, 1.165) is 11.1 Å². The number of carbonyl (C=O) groups is 1. The van der Waals surface area contributed by atoms with E-state index in [1.807, 2.05) is 54.6 Å². The maximum absolute atomic E-state index is 12.6. The molecular formula is C21H20ClN3O2. The van der Waals surface area contributed by atoms with Crippen LogP contribution in [-0.4, -0.2) is 15.9 Å². The van der Waals surface area contributed by atoms with Gasteiger partial charge in [0.05, 0.1) is 12.2 Å². The fraction of sp³-hybridized carbons (Fsp3) is 0.190. The summed E-state index contributed by atoms with van der Waals surface area (Å²) in [6, 6.07) is 18.8. The SMILES string of the molecule is Cc1nc(CNC(=O)C[C@@H](c2ccccc2)c2cccc(Cl)c2)cc(=O)[nH]1. The van der Waals surface area contributed by atoms with Gasteiger partial charge in [0.25, 0.3) is 5.56 Å². The molecule has 27 heavy (non-hydrogen) atoms. The van der Waals surface area contributed by atoms with Crippen LogP contribution in [0.4, 0.5) is 0 Å². The van der Waals surface area contributed by atoms with Gasteiger partial charge in [0.15, 0.2) is 0 Å². The number of nitrogens with one attached hydrogen (secondary N) is 2. The minimum atomic E-state index is -0.229. The number of aryl methyl sites for hydroxylation is 1. The smallest absolute Gasteiger partial charge is 0.251 e. The van der Waals surface area contributed by atoms with Crippen LogP contribution in [0.15, 0.2) is 65.5 Å². The number of hydrogen-bond acceptors (Lipinski definition) is 3. The molecule has 0 saturated carbocycles. The first-order valence-electron chi connectivity index (χ1n) is 8.65. The number of hydrogen-bond donors (Lipinski definition) is 2. The molecule has 6 heteroatoms. The van der Waals surface area contributed by atoms with Crippen LogP contribution in [0.25, 0.3) is 0 Å². The molecule has 0 bridgehead atoms. The lowest BCUT2D eigenvalue weighted by atomic mass is 9.88. The number of rotatable bonds is 6. The van der Waals surface area contributed by atoms with E-state index in [4.69, 9.17) is 11.6 Å². The van der Waals surface area contributed by atoms with Crippen LogP contribution >= 0.6 is 11.6 Å². The van der Waals surface area contributed by atoms with Gasteiger partial charge in [0.2, 0.25) is 5.91 Å². The topological polar surface area (TPSA) is 74.8 Å². The predicted molar refractivity (Wildman–Crippen MR) is 106 cm³/mol. The Morgan fingerprint density at radius 3 is 2.56 bits per heavy atom. The highest BCUT2D eigenvalue weighted by atomic mass is 35.5. The quantitative estimate of drug-likeness (QED) is 0.685. The minimum Gasteiger partial charge on any atom is -0.350 e. The maximum atomic E-state index is 12.6. The second-order valence-corrected chi connectivity index (χ2v) is 6.76. The number of halogens is 1. The Morgan fingerprint density at radius 2 is 1.85 bits per heavy atom. The number of nitrogens with zero attached hydrogens (tertiary/aromatic N) is 1. The first-order valence-corrected chi connectivity index (χ1v) is 9.03. The summed E-state index contributed by atoms with van der Waals surface area (Å²) in [5.41, 5.74) is 2.32. The van der Waals surface area contributed by atoms with Crippen LogP contribution in [0.1, 0.15) is 35.0 Å². The zero-order valence-corrected chi connectivity index (χ0v) is 15.7. The van der Waals surface area contributed by atoms with Crippen LogP contribution in [0, 0.1) is 6.92 Å². The highest BCUT2D eigenvalue weighted by Gasteiger charge is 2.18. The van der Waals surface area contributed by atoms with Gasteiger partial charge in [-0.3, -0.25) is 9.59 Å². The second-order valence-electron chi connectivity index (χ2n) is 6.32. The molecule has 0 aliphatic heterocycles. The lowest BCUT2D eigenvalue weighted by molar-refractivity contribution is -0.121. The molecule has 0 aliphatic carbocycles.